The number of hydrogen-bond donors (Lipinski definition) is 2. The van der Waals surface area contributed by atoms with E-state index in [0.29, 0.717) is 10.7 Å². The Balaban J connectivity index is 2.78. The van der Waals surface area contributed by atoms with Gasteiger partial charge in [0.05, 0.1) is 12.6 Å². The third kappa shape index (κ3) is 3.35. The first-order valence-electron chi connectivity index (χ1n) is 5.37. The van der Waals surface area contributed by atoms with Crippen molar-refractivity contribution in [3.8, 4) is 0 Å². The third-order valence-electron chi connectivity index (χ3n) is 2.76. The molecule has 1 aromatic rings. The summed E-state index contributed by atoms with van der Waals surface area (Å²) < 4.78 is 0. The second-order valence-corrected chi connectivity index (χ2v) is 4.39. The molecule has 0 bridgehead atoms. The monoisotopic (exact) mass is 256 g/mol. The molecule has 0 saturated carbocycles. The van der Waals surface area contributed by atoms with Gasteiger partial charge in [0.2, 0.25) is 0 Å². The number of nitrogens with zero attached hydrogens (tertiary/aromatic N) is 1. The smallest absolute Gasteiger partial charge is 0.321 e. The molecule has 1 unspecified atom stereocenters. The lowest BCUT2D eigenvalue weighted by molar-refractivity contribution is 0.166. The number of aliphatic hydroxyl groups is 1. The van der Waals surface area contributed by atoms with Crippen LogP contribution in [0.5, 0.6) is 0 Å². The lowest BCUT2D eigenvalue weighted by Crippen LogP contribution is -2.40. The summed E-state index contributed by atoms with van der Waals surface area (Å²) in [7, 11) is 1.64. The molecule has 5 heteroatoms. The molecule has 1 atom stereocenters. The summed E-state index contributed by atoms with van der Waals surface area (Å²) in [6.07, 6.45) is 0. The molecule has 94 valence electrons. The second kappa shape index (κ2) is 5.89. The molecule has 0 aliphatic carbocycles. The number of nitrogens with one attached hydrogen (secondary N) is 1. The Morgan fingerprint density at radius 1 is 1.59 bits per heavy atom. The maximum atomic E-state index is 11.8. The van der Waals surface area contributed by atoms with Crippen LogP contribution in [0.2, 0.25) is 5.02 Å². The number of likely N-dealkylation sites (N-methyl/N-ethyl adjacent to an activating group) is 1. The fourth-order valence-electron chi connectivity index (χ4n) is 1.27. The predicted octanol–water partition coefficient (Wildman–Crippen LogP) is 2.49. The number of carbonyl (C=O) groups is 1. The van der Waals surface area contributed by atoms with Crippen LogP contribution in [-0.4, -0.2) is 35.7 Å². The molecular weight excluding hydrogens is 240 g/mol. The van der Waals surface area contributed by atoms with E-state index in [-0.39, 0.29) is 18.7 Å². The van der Waals surface area contributed by atoms with Gasteiger partial charge in [0.15, 0.2) is 0 Å². The lowest BCUT2D eigenvalue weighted by Gasteiger charge is -2.24. The van der Waals surface area contributed by atoms with Gasteiger partial charge in [-0.15, -0.1) is 0 Å². The van der Waals surface area contributed by atoms with E-state index in [0.717, 1.165) is 5.56 Å². The molecule has 0 saturated heterocycles. The molecular formula is C12H17ClN2O2. The van der Waals surface area contributed by atoms with Crippen LogP contribution in [0, 0.1) is 6.92 Å². The Morgan fingerprint density at radius 2 is 2.24 bits per heavy atom. The van der Waals surface area contributed by atoms with Gasteiger partial charge in [-0.2, -0.15) is 0 Å². The molecule has 0 aromatic heterocycles. The van der Waals surface area contributed by atoms with E-state index < -0.39 is 0 Å². The average molecular weight is 257 g/mol. The van der Waals surface area contributed by atoms with Crippen LogP contribution >= 0.6 is 11.6 Å². The van der Waals surface area contributed by atoms with Crippen molar-refractivity contribution in [1.29, 1.82) is 0 Å². The first-order valence-corrected chi connectivity index (χ1v) is 5.75. The number of anilines is 1. The summed E-state index contributed by atoms with van der Waals surface area (Å²) in [5.74, 6) is 0. The standard InChI is InChI=1S/C12H17ClN2O2/c1-8(7-16)15(3)12(17)14-11-6-4-5-10(13)9(11)2/h4-6,8,16H,7H2,1-3H3,(H,14,17). The van der Waals surface area contributed by atoms with Gasteiger partial charge in [-0.25, -0.2) is 4.79 Å². The van der Waals surface area contributed by atoms with E-state index in [1.54, 1.807) is 32.2 Å². The largest absolute Gasteiger partial charge is 0.394 e. The molecule has 0 aliphatic heterocycles. The number of halogens is 1. The van der Waals surface area contributed by atoms with Gasteiger partial charge in [0, 0.05) is 17.8 Å². The van der Waals surface area contributed by atoms with Gasteiger partial charge < -0.3 is 15.3 Å². The number of amides is 2. The van der Waals surface area contributed by atoms with Gasteiger partial charge in [0.1, 0.15) is 0 Å². The van der Waals surface area contributed by atoms with Crippen molar-refractivity contribution in [1.82, 2.24) is 4.90 Å². The zero-order chi connectivity index (χ0) is 13.0. The normalized spacial score (nSPS) is 12.1. The highest BCUT2D eigenvalue weighted by molar-refractivity contribution is 6.31. The number of benzene rings is 1. The Kier molecular flexibility index (Phi) is 4.78. The van der Waals surface area contributed by atoms with Crippen LogP contribution in [0.4, 0.5) is 10.5 Å². The van der Waals surface area contributed by atoms with Gasteiger partial charge in [-0.3, -0.25) is 0 Å². The minimum atomic E-state index is -0.267. The van der Waals surface area contributed by atoms with E-state index >= 15 is 0 Å². The minimum Gasteiger partial charge on any atom is -0.394 e. The first-order chi connectivity index (χ1) is 7.97. The molecule has 0 aliphatic rings. The molecule has 0 radical (unpaired) electrons. The van der Waals surface area contributed by atoms with Crippen molar-refractivity contribution in [2.75, 3.05) is 19.0 Å². The number of rotatable bonds is 3. The van der Waals surface area contributed by atoms with Crippen molar-refractivity contribution < 1.29 is 9.90 Å². The van der Waals surface area contributed by atoms with Crippen LogP contribution in [0.3, 0.4) is 0 Å². The van der Waals surface area contributed by atoms with Gasteiger partial charge >= 0.3 is 6.03 Å². The lowest BCUT2D eigenvalue weighted by atomic mass is 10.2. The summed E-state index contributed by atoms with van der Waals surface area (Å²) in [6, 6.07) is 4.84. The highest BCUT2D eigenvalue weighted by Crippen LogP contribution is 2.23. The summed E-state index contributed by atoms with van der Waals surface area (Å²) in [6.45, 7) is 3.54. The fourth-order valence-corrected chi connectivity index (χ4v) is 1.44. The highest BCUT2D eigenvalue weighted by atomic mass is 35.5. The van der Waals surface area contributed by atoms with Gasteiger partial charge in [0.25, 0.3) is 0 Å². The zero-order valence-electron chi connectivity index (χ0n) is 10.2. The SMILES string of the molecule is Cc1c(Cl)cccc1NC(=O)N(C)C(C)CO. The number of carbonyl (C=O) groups excluding carboxylic acids is 1. The maximum absolute atomic E-state index is 11.8. The van der Waals surface area contributed by atoms with E-state index in [1.807, 2.05) is 6.92 Å². The molecule has 0 fully saturated rings. The summed E-state index contributed by atoms with van der Waals surface area (Å²) in [4.78, 5) is 13.3. The highest BCUT2D eigenvalue weighted by Gasteiger charge is 2.15. The van der Waals surface area contributed by atoms with Crippen molar-refractivity contribution >= 4 is 23.3 Å². The van der Waals surface area contributed by atoms with E-state index in [2.05, 4.69) is 5.32 Å². The predicted molar refractivity (Wildman–Crippen MR) is 69.5 cm³/mol. The molecule has 17 heavy (non-hydrogen) atoms. The number of aliphatic hydroxyl groups excluding tert-OH is 1. The van der Waals surface area contributed by atoms with E-state index in [1.165, 1.54) is 4.90 Å². The summed E-state index contributed by atoms with van der Waals surface area (Å²) >= 11 is 5.96. The summed E-state index contributed by atoms with van der Waals surface area (Å²) in [5, 5.41) is 12.3. The van der Waals surface area contributed by atoms with Crippen LogP contribution in [-0.2, 0) is 0 Å². The van der Waals surface area contributed by atoms with Crippen molar-refractivity contribution in [3.05, 3.63) is 28.8 Å². The number of urea groups is 1. The fraction of sp³-hybridized carbons (Fsp3) is 0.417. The Bertz CT molecular complexity index is 409. The van der Waals surface area contributed by atoms with Crippen LogP contribution < -0.4 is 5.32 Å². The molecule has 2 amide bonds. The average Bonchev–Trinajstić information content (AvgIpc) is 2.32. The van der Waals surface area contributed by atoms with E-state index in [9.17, 15) is 4.79 Å². The van der Waals surface area contributed by atoms with Crippen molar-refractivity contribution in [2.24, 2.45) is 0 Å². The van der Waals surface area contributed by atoms with Crippen LogP contribution in [0.25, 0.3) is 0 Å². The second-order valence-electron chi connectivity index (χ2n) is 3.99. The first kappa shape index (κ1) is 13.8. The minimum absolute atomic E-state index is 0.0710. The van der Waals surface area contributed by atoms with Crippen molar-refractivity contribution in [2.45, 2.75) is 19.9 Å². The topological polar surface area (TPSA) is 52.6 Å². The molecule has 1 rings (SSSR count). The summed E-state index contributed by atoms with van der Waals surface area (Å²) in [5.41, 5.74) is 1.51. The molecule has 0 heterocycles. The Morgan fingerprint density at radius 3 is 2.82 bits per heavy atom. The number of hydrogen-bond acceptors (Lipinski definition) is 2. The zero-order valence-corrected chi connectivity index (χ0v) is 11.0. The molecule has 2 N–H and O–H groups in total. The Hall–Kier alpha value is -1.26. The molecule has 0 spiro atoms. The van der Waals surface area contributed by atoms with Crippen LogP contribution in [0.15, 0.2) is 18.2 Å². The van der Waals surface area contributed by atoms with Crippen LogP contribution in [0.1, 0.15) is 12.5 Å². The maximum Gasteiger partial charge on any atom is 0.321 e. The van der Waals surface area contributed by atoms with Gasteiger partial charge in [-0.05, 0) is 31.5 Å². The molecule has 4 nitrogen and oxygen atoms in total. The van der Waals surface area contributed by atoms with Crippen molar-refractivity contribution in [3.63, 3.8) is 0 Å². The van der Waals surface area contributed by atoms with E-state index in [4.69, 9.17) is 16.7 Å². The quantitative estimate of drug-likeness (QED) is 0.873. The Labute approximate surface area is 106 Å². The third-order valence-corrected chi connectivity index (χ3v) is 3.16. The van der Waals surface area contributed by atoms with Gasteiger partial charge in [-0.1, -0.05) is 17.7 Å². The molecule has 1 aromatic carbocycles.